The third-order valence-electron chi connectivity index (χ3n) is 5.49. The zero-order chi connectivity index (χ0) is 21.4. The van der Waals surface area contributed by atoms with Crippen molar-refractivity contribution in [3.63, 3.8) is 0 Å². The van der Waals surface area contributed by atoms with Crippen molar-refractivity contribution < 1.29 is 4.79 Å². The maximum atomic E-state index is 13.7. The summed E-state index contributed by atoms with van der Waals surface area (Å²) >= 11 is 2.97. The molecule has 158 valence electrons. The lowest BCUT2D eigenvalue weighted by molar-refractivity contribution is -0.119. The van der Waals surface area contributed by atoms with E-state index < -0.39 is 0 Å². The Labute approximate surface area is 184 Å². The van der Waals surface area contributed by atoms with E-state index in [-0.39, 0.29) is 23.3 Å². The topological polar surface area (TPSA) is 64.0 Å². The highest BCUT2D eigenvalue weighted by Crippen LogP contribution is 2.35. The summed E-state index contributed by atoms with van der Waals surface area (Å²) in [5, 5.41) is 4.25. The molecule has 0 unspecified atom stereocenters. The van der Waals surface area contributed by atoms with Crippen LogP contribution in [0.4, 0.5) is 0 Å². The van der Waals surface area contributed by atoms with Crippen LogP contribution in [-0.2, 0) is 17.6 Å². The number of fused-ring (bicyclic) bond motifs is 3. The van der Waals surface area contributed by atoms with E-state index in [1.54, 1.807) is 15.9 Å². The van der Waals surface area contributed by atoms with Gasteiger partial charge in [-0.2, -0.15) is 0 Å². The molecule has 0 fully saturated rings. The minimum absolute atomic E-state index is 0.0191. The molecule has 7 heteroatoms. The van der Waals surface area contributed by atoms with Gasteiger partial charge in [-0.25, -0.2) is 4.98 Å². The Morgan fingerprint density at radius 1 is 1.23 bits per heavy atom. The van der Waals surface area contributed by atoms with Crippen molar-refractivity contribution in [2.45, 2.75) is 64.6 Å². The summed E-state index contributed by atoms with van der Waals surface area (Å²) in [5.41, 5.74) is 4.28. The van der Waals surface area contributed by atoms with Crippen molar-refractivity contribution >= 4 is 39.2 Å². The molecule has 2 aromatic heterocycles. The average molecular weight is 442 g/mol. The first kappa shape index (κ1) is 21.1. The Morgan fingerprint density at radius 2 is 2.00 bits per heavy atom. The van der Waals surface area contributed by atoms with Gasteiger partial charge in [0.1, 0.15) is 4.83 Å². The summed E-state index contributed by atoms with van der Waals surface area (Å²) in [6.45, 7) is 7.98. The van der Waals surface area contributed by atoms with E-state index in [1.165, 1.54) is 34.2 Å². The van der Waals surface area contributed by atoms with Gasteiger partial charge in [-0.3, -0.25) is 14.2 Å². The summed E-state index contributed by atoms with van der Waals surface area (Å²) in [4.78, 5) is 32.9. The molecule has 3 aromatic rings. The number of aryl methyl sites for hydroxylation is 4. The Kier molecular flexibility index (Phi) is 6.02. The zero-order valence-electron chi connectivity index (χ0n) is 17.9. The number of nitrogens with zero attached hydrogens (tertiary/aromatic N) is 2. The van der Waals surface area contributed by atoms with Crippen molar-refractivity contribution in [2.75, 3.05) is 5.75 Å². The number of carbonyl (C=O) groups excluding carboxylic acids is 1. The minimum Gasteiger partial charge on any atom is -0.353 e. The molecule has 1 N–H and O–H groups in total. The lowest BCUT2D eigenvalue weighted by atomic mass is 9.97. The Balaban J connectivity index is 1.86. The third-order valence-corrected chi connectivity index (χ3v) is 7.61. The van der Waals surface area contributed by atoms with Crippen molar-refractivity contribution in [1.29, 1.82) is 0 Å². The number of aromatic nitrogens is 2. The number of amides is 1. The highest BCUT2D eigenvalue weighted by atomic mass is 32.2. The van der Waals surface area contributed by atoms with Crippen molar-refractivity contribution in [3.8, 4) is 5.69 Å². The molecule has 0 aliphatic heterocycles. The molecule has 5 nitrogen and oxygen atoms in total. The van der Waals surface area contributed by atoms with Crippen LogP contribution < -0.4 is 10.9 Å². The van der Waals surface area contributed by atoms with Crippen molar-refractivity contribution in [1.82, 2.24) is 14.9 Å². The van der Waals surface area contributed by atoms with Crippen LogP contribution in [-0.4, -0.2) is 27.3 Å². The molecule has 30 heavy (non-hydrogen) atoms. The zero-order valence-corrected chi connectivity index (χ0v) is 19.5. The fraction of sp³-hybridized carbons (Fsp3) is 0.435. The van der Waals surface area contributed by atoms with Crippen molar-refractivity contribution in [3.05, 3.63) is 50.1 Å². The number of hydrogen-bond donors (Lipinski definition) is 1. The van der Waals surface area contributed by atoms with Crippen LogP contribution in [0.3, 0.4) is 0 Å². The molecule has 0 atom stereocenters. The Morgan fingerprint density at radius 3 is 2.73 bits per heavy atom. The second-order valence-electron chi connectivity index (χ2n) is 8.21. The summed E-state index contributed by atoms with van der Waals surface area (Å²) in [6, 6.07) is 6.11. The van der Waals surface area contributed by atoms with E-state index in [9.17, 15) is 9.59 Å². The van der Waals surface area contributed by atoms with Gasteiger partial charge in [0.25, 0.3) is 5.56 Å². The maximum Gasteiger partial charge on any atom is 0.267 e. The molecular formula is C23H27N3O2S2. The summed E-state index contributed by atoms with van der Waals surface area (Å²) in [5.74, 6) is 0.174. The van der Waals surface area contributed by atoms with Gasteiger partial charge in [0.2, 0.25) is 5.91 Å². The first-order chi connectivity index (χ1) is 14.3. The fourth-order valence-electron chi connectivity index (χ4n) is 3.87. The molecule has 0 radical (unpaired) electrons. The lowest BCUT2D eigenvalue weighted by Gasteiger charge is -2.15. The van der Waals surface area contributed by atoms with Crippen molar-refractivity contribution in [2.24, 2.45) is 0 Å². The minimum atomic E-state index is -0.0542. The fourth-order valence-corrected chi connectivity index (χ4v) is 6.00. The summed E-state index contributed by atoms with van der Waals surface area (Å²) in [7, 11) is 0. The van der Waals surface area contributed by atoms with Gasteiger partial charge < -0.3 is 5.32 Å². The van der Waals surface area contributed by atoms with Gasteiger partial charge in [0.15, 0.2) is 5.16 Å². The number of nitrogens with one attached hydrogen (secondary N) is 1. The highest BCUT2D eigenvalue weighted by molar-refractivity contribution is 7.99. The van der Waals surface area contributed by atoms with Crippen LogP contribution in [0, 0.1) is 13.8 Å². The van der Waals surface area contributed by atoms with Crippen LogP contribution in [0.25, 0.3) is 15.9 Å². The van der Waals surface area contributed by atoms with Gasteiger partial charge in [-0.1, -0.05) is 17.8 Å². The number of rotatable bonds is 5. The van der Waals surface area contributed by atoms with Gasteiger partial charge in [0, 0.05) is 10.9 Å². The molecule has 4 rings (SSSR count). The number of thiophene rings is 1. The third kappa shape index (κ3) is 4.05. The predicted octanol–water partition coefficient (Wildman–Crippen LogP) is 4.56. The number of benzene rings is 1. The second-order valence-corrected chi connectivity index (χ2v) is 10.2. The average Bonchev–Trinajstić information content (AvgIpc) is 3.07. The van der Waals surface area contributed by atoms with Gasteiger partial charge in [0.05, 0.1) is 16.8 Å². The van der Waals surface area contributed by atoms with E-state index in [0.717, 1.165) is 40.7 Å². The molecule has 1 aliphatic carbocycles. The molecule has 0 saturated carbocycles. The van der Waals surface area contributed by atoms with Gasteiger partial charge >= 0.3 is 0 Å². The summed E-state index contributed by atoms with van der Waals surface area (Å²) < 4.78 is 1.70. The standard InChI is InChI=1S/C23H27N3O2S2/c1-13(2)24-19(27)12-29-23-25-21-20(17-7-5-6-8-18(17)30-21)22(28)26(23)16-10-9-14(3)15(4)11-16/h9-11,13H,5-8,12H2,1-4H3,(H,24,27). The maximum absolute atomic E-state index is 13.7. The number of hydrogen-bond acceptors (Lipinski definition) is 5. The highest BCUT2D eigenvalue weighted by Gasteiger charge is 2.23. The molecular weight excluding hydrogens is 414 g/mol. The number of thioether (sulfide) groups is 1. The van der Waals surface area contributed by atoms with E-state index in [0.29, 0.717) is 5.16 Å². The molecule has 0 bridgehead atoms. The molecule has 1 aromatic carbocycles. The summed E-state index contributed by atoms with van der Waals surface area (Å²) in [6.07, 6.45) is 4.26. The Bertz CT molecular complexity index is 1180. The first-order valence-electron chi connectivity index (χ1n) is 10.4. The van der Waals surface area contributed by atoms with E-state index in [4.69, 9.17) is 4.98 Å². The molecule has 1 amide bonds. The van der Waals surface area contributed by atoms with Crippen LogP contribution in [0.15, 0.2) is 28.2 Å². The molecule has 2 heterocycles. The normalized spacial score (nSPS) is 13.6. The van der Waals surface area contributed by atoms with Gasteiger partial charge in [-0.15, -0.1) is 11.3 Å². The largest absolute Gasteiger partial charge is 0.353 e. The molecule has 1 aliphatic rings. The lowest BCUT2D eigenvalue weighted by Crippen LogP contribution is -2.32. The van der Waals surface area contributed by atoms with Crippen LogP contribution in [0.5, 0.6) is 0 Å². The molecule has 0 saturated heterocycles. The number of carbonyl (C=O) groups is 1. The smallest absolute Gasteiger partial charge is 0.267 e. The Hall–Kier alpha value is -2.12. The predicted molar refractivity (Wildman–Crippen MR) is 125 cm³/mol. The SMILES string of the molecule is Cc1ccc(-n2c(SCC(=O)NC(C)C)nc3sc4c(c3c2=O)CCCC4)cc1C. The quantitative estimate of drug-likeness (QED) is 0.466. The van der Waals surface area contributed by atoms with E-state index in [1.807, 2.05) is 39.0 Å². The second kappa shape index (κ2) is 8.55. The van der Waals surface area contributed by atoms with Crippen LogP contribution in [0.2, 0.25) is 0 Å². The van der Waals surface area contributed by atoms with E-state index in [2.05, 4.69) is 12.2 Å². The van der Waals surface area contributed by atoms with Crippen LogP contribution in [0.1, 0.15) is 48.3 Å². The van der Waals surface area contributed by atoms with Crippen LogP contribution >= 0.6 is 23.1 Å². The van der Waals surface area contributed by atoms with E-state index >= 15 is 0 Å². The molecule has 0 spiro atoms. The monoisotopic (exact) mass is 441 g/mol. The first-order valence-corrected chi connectivity index (χ1v) is 12.2. The van der Waals surface area contributed by atoms with Gasteiger partial charge in [-0.05, 0) is 82.2 Å².